The van der Waals surface area contributed by atoms with Gasteiger partial charge in [-0.25, -0.2) is 10.8 Å². The van der Waals surface area contributed by atoms with Gasteiger partial charge < -0.3 is 10.3 Å². The number of pyridine rings is 1. The van der Waals surface area contributed by atoms with Gasteiger partial charge in [0.05, 0.1) is 6.54 Å². The monoisotopic (exact) mass is 354 g/mol. The van der Waals surface area contributed by atoms with Crippen molar-refractivity contribution in [2.75, 3.05) is 12.5 Å². The van der Waals surface area contributed by atoms with Crippen LogP contribution in [0.25, 0.3) is 0 Å². The zero-order valence-corrected chi connectivity index (χ0v) is 13.6. The minimum atomic E-state index is -0.0588. The number of nitrogen functional groups attached to an aromatic ring is 1. The molecule has 0 aliphatic heterocycles. The van der Waals surface area contributed by atoms with E-state index in [1.807, 2.05) is 18.4 Å². The Morgan fingerprint density at radius 2 is 2.25 bits per heavy atom. The quantitative estimate of drug-likeness (QED) is 0.654. The third-order valence-electron chi connectivity index (χ3n) is 2.71. The van der Waals surface area contributed by atoms with Crippen LogP contribution in [0.4, 0.5) is 5.82 Å². The van der Waals surface area contributed by atoms with Crippen LogP contribution < -0.4 is 11.3 Å². The Morgan fingerprint density at radius 3 is 2.85 bits per heavy atom. The molecule has 2 heterocycles. The van der Waals surface area contributed by atoms with Gasteiger partial charge in [0.25, 0.3) is 5.91 Å². The summed E-state index contributed by atoms with van der Waals surface area (Å²) in [4.78, 5) is 19.4. The van der Waals surface area contributed by atoms with Crippen molar-refractivity contribution < 1.29 is 4.79 Å². The van der Waals surface area contributed by atoms with E-state index in [0.29, 0.717) is 17.9 Å². The number of nitrogens with zero attached hydrogens (tertiary/aromatic N) is 2. The van der Waals surface area contributed by atoms with Crippen LogP contribution in [0.1, 0.15) is 20.9 Å². The van der Waals surface area contributed by atoms with Crippen molar-refractivity contribution in [2.45, 2.75) is 13.5 Å². The first-order valence-electron chi connectivity index (χ1n) is 5.93. The summed E-state index contributed by atoms with van der Waals surface area (Å²) in [6, 6.07) is 5.42. The molecule has 0 aliphatic rings. The van der Waals surface area contributed by atoms with Crippen LogP contribution in [0.15, 0.2) is 28.1 Å². The Hall–Kier alpha value is -1.44. The van der Waals surface area contributed by atoms with Crippen LogP contribution in [0.2, 0.25) is 0 Å². The van der Waals surface area contributed by atoms with E-state index in [1.165, 1.54) is 0 Å². The lowest BCUT2D eigenvalue weighted by Crippen LogP contribution is -2.26. The number of carbonyl (C=O) groups excluding carboxylic acids is 1. The van der Waals surface area contributed by atoms with Gasteiger partial charge in [0.1, 0.15) is 5.82 Å². The maximum absolute atomic E-state index is 12.4. The molecule has 0 fully saturated rings. The second-order valence-electron chi connectivity index (χ2n) is 4.42. The fourth-order valence-corrected chi connectivity index (χ4v) is 3.33. The predicted molar refractivity (Wildman–Crippen MR) is 84.6 cm³/mol. The molecule has 0 unspecified atom stereocenters. The number of aromatic nitrogens is 1. The second kappa shape index (κ2) is 6.34. The summed E-state index contributed by atoms with van der Waals surface area (Å²) in [5, 5.41) is 2.00. The van der Waals surface area contributed by atoms with E-state index in [4.69, 9.17) is 5.84 Å². The number of nitrogens with one attached hydrogen (secondary N) is 1. The molecule has 7 heteroatoms. The van der Waals surface area contributed by atoms with E-state index < -0.39 is 0 Å². The minimum absolute atomic E-state index is 0.0588. The van der Waals surface area contributed by atoms with Crippen molar-refractivity contribution in [3.63, 3.8) is 0 Å². The minimum Gasteiger partial charge on any atom is -0.337 e. The molecule has 2 aromatic rings. The van der Waals surface area contributed by atoms with Gasteiger partial charge in [-0.05, 0) is 41.1 Å². The SMILES string of the molecule is Cc1cc(C(=O)N(C)Cc2cc(Br)cs2)cc(NN)n1. The number of nitrogens with two attached hydrogens (primary N) is 1. The fraction of sp³-hybridized carbons (Fsp3) is 0.231. The molecule has 0 saturated heterocycles. The molecule has 1 amide bonds. The molecule has 20 heavy (non-hydrogen) atoms. The van der Waals surface area contributed by atoms with Crippen molar-refractivity contribution in [1.82, 2.24) is 9.88 Å². The Kier molecular flexibility index (Phi) is 4.74. The van der Waals surface area contributed by atoms with Gasteiger partial charge in [-0.2, -0.15) is 0 Å². The molecule has 106 valence electrons. The van der Waals surface area contributed by atoms with Crippen LogP contribution in [-0.2, 0) is 6.54 Å². The molecule has 0 bridgehead atoms. The topological polar surface area (TPSA) is 71.2 Å². The van der Waals surface area contributed by atoms with E-state index >= 15 is 0 Å². The first-order valence-corrected chi connectivity index (χ1v) is 7.60. The summed E-state index contributed by atoms with van der Waals surface area (Å²) in [6.07, 6.45) is 0. The maximum Gasteiger partial charge on any atom is 0.254 e. The second-order valence-corrected chi connectivity index (χ2v) is 6.33. The lowest BCUT2D eigenvalue weighted by molar-refractivity contribution is 0.0786. The standard InChI is InChI=1S/C13H15BrN4OS/c1-8-3-9(4-12(16-8)17-15)13(19)18(2)6-11-5-10(14)7-20-11/h3-5,7H,6,15H2,1-2H3,(H,16,17). The van der Waals surface area contributed by atoms with Crippen LogP contribution in [-0.4, -0.2) is 22.8 Å². The van der Waals surface area contributed by atoms with Gasteiger partial charge in [-0.1, -0.05) is 0 Å². The Balaban J connectivity index is 2.15. The van der Waals surface area contributed by atoms with Gasteiger partial charge in [0, 0.05) is 33.0 Å². The Bertz CT molecular complexity index is 629. The number of aryl methyl sites for hydroxylation is 1. The average molecular weight is 355 g/mol. The van der Waals surface area contributed by atoms with Gasteiger partial charge in [0.2, 0.25) is 0 Å². The highest BCUT2D eigenvalue weighted by molar-refractivity contribution is 9.10. The highest BCUT2D eigenvalue weighted by Gasteiger charge is 2.14. The smallest absolute Gasteiger partial charge is 0.254 e. The lowest BCUT2D eigenvalue weighted by Gasteiger charge is -2.17. The van der Waals surface area contributed by atoms with Gasteiger partial charge in [-0.3, -0.25) is 4.79 Å². The summed E-state index contributed by atoms with van der Waals surface area (Å²) in [5.74, 6) is 5.78. The van der Waals surface area contributed by atoms with Crippen molar-refractivity contribution >= 4 is 39.0 Å². The molecule has 0 atom stereocenters. The number of rotatable bonds is 4. The number of hydrazine groups is 1. The number of halogens is 1. The molecular weight excluding hydrogens is 340 g/mol. The molecule has 2 rings (SSSR count). The number of anilines is 1. The normalized spacial score (nSPS) is 10.4. The van der Waals surface area contributed by atoms with E-state index in [-0.39, 0.29) is 5.91 Å². The zero-order chi connectivity index (χ0) is 14.7. The number of carbonyl (C=O) groups is 1. The molecule has 5 nitrogen and oxygen atoms in total. The molecule has 2 aromatic heterocycles. The number of thiophene rings is 1. The Morgan fingerprint density at radius 1 is 1.50 bits per heavy atom. The first kappa shape index (κ1) is 15.0. The Labute approximate surface area is 129 Å². The largest absolute Gasteiger partial charge is 0.337 e. The highest BCUT2D eigenvalue weighted by Crippen LogP contribution is 2.21. The summed E-state index contributed by atoms with van der Waals surface area (Å²) in [7, 11) is 1.78. The van der Waals surface area contributed by atoms with Gasteiger partial charge in [-0.15, -0.1) is 11.3 Å². The van der Waals surface area contributed by atoms with Crippen LogP contribution in [0, 0.1) is 6.92 Å². The summed E-state index contributed by atoms with van der Waals surface area (Å²) >= 11 is 5.02. The molecular formula is C13H15BrN4OS. The molecule has 0 aliphatic carbocycles. The zero-order valence-electron chi connectivity index (χ0n) is 11.2. The van der Waals surface area contributed by atoms with E-state index in [0.717, 1.165) is 15.0 Å². The predicted octanol–water partition coefficient (Wildman–Crippen LogP) is 2.77. The van der Waals surface area contributed by atoms with Crippen molar-refractivity contribution in [3.05, 3.63) is 44.2 Å². The van der Waals surface area contributed by atoms with Crippen molar-refractivity contribution in [1.29, 1.82) is 0 Å². The maximum atomic E-state index is 12.4. The third kappa shape index (κ3) is 3.56. The molecule has 0 radical (unpaired) electrons. The van der Waals surface area contributed by atoms with Crippen molar-refractivity contribution in [3.8, 4) is 0 Å². The van der Waals surface area contributed by atoms with Crippen LogP contribution in [0.3, 0.4) is 0 Å². The number of hydrogen-bond donors (Lipinski definition) is 2. The van der Waals surface area contributed by atoms with Gasteiger partial charge in [0.15, 0.2) is 0 Å². The van der Waals surface area contributed by atoms with E-state index in [1.54, 1.807) is 35.4 Å². The van der Waals surface area contributed by atoms with Gasteiger partial charge >= 0.3 is 0 Å². The van der Waals surface area contributed by atoms with Crippen molar-refractivity contribution in [2.24, 2.45) is 5.84 Å². The molecule has 0 saturated carbocycles. The summed E-state index contributed by atoms with van der Waals surface area (Å²) in [5.41, 5.74) is 3.79. The molecule has 3 N–H and O–H groups in total. The van der Waals surface area contributed by atoms with Crippen LogP contribution >= 0.6 is 27.3 Å². The highest BCUT2D eigenvalue weighted by atomic mass is 79.9. The summed E-state index contributed by atoms with van der Waals surface area (Å²) < 4.78 is 1.03. The van der Waals surface area contributed by atoms with E-state index in [9.17, 15) is 4.79 Å². The third-order valence-corrected chi connectivity index (χ3v) is 4.39. The number of amides is 1. The fourth-order valence-electron chi connectivity index (χ4n) is 1.83. The van der Waals surface area contributed by atoms with E-state index in [2.05, 4.69) is 26.3 Å². The average Bonchev–Trinajstić information content (AvgIpc) is 2.82. The molecule has 0 spiro atoms. The first-order chi connectivity index (χ1) is 9.49. The van der Waals surface area contributed by atoms with Crippen LogP contribution in [0.5, 0.6) is 0 Å². The number of hydrogen-bond acceptors (Lipinski definition) is 5. The molecule has 0 aromatic carbocycles. The lowest BCUT2D eigenvalue weighted by atomic mass is 10.2. The summed E-state index contributed by atoms with van der Waals surface area (Å²) in [6.45, 7) is 2.40.